The highest BCUT2D eigenvalue weighted by molar-refractivity contribution is 6.08. The smallest absolute Gasteiger partial charge is 0.240 e. The fourth-order valence-corrected chi connectivity index (χ4v) is 5.02. The lowest BCUT2D eigenvalue weighted by Crippen LogP contribution is -2.34. The molecule has 4 aromatic carbocycles. The van der Waals surface area contributed by atoms with Crippen molar-refractivity contribution >= 4 is 11.6 Å². The lowest BCUT2D eigenvalue weighted by Gasteiger charge is -2.30. The number of benzene rings is 4. The molecule has 0 bridgehead atoms. The summed E-state index contributed by atoms with van der Waals surface area (Å²) in [5, 5.41) is 10.9. The molecule has 1 amide bonds. The highest BCUT2D eigenvalue weighted by atomic mass is 16.7. The Morgan fingerprint density at radius 2 is 1.44 bits per heavy atom. The van der Waals surface area contributed by atoms with E-state index in [0.29, 0.717) is 17.1 Å². The summed E-state index contributed by atoms with van der Waals surface area (Å²) in [5.74, 6) is 0.301. The number of fused-ring (bicyclic) bond motifs is 2. The molecule has 0 aliphatic carbocycles. The van der Waals surface area contributed by atoms with Gasteiger partial charge in [-0.2, -0.15) is 0 Å². The van der Waals surface area contributed by atoms with Crippen molar-refractivity contribution in [3.05, 3.63) is 119 Å². The van der Waals surface area contributed by atoms with Gasteiger partial charge in [0, 0.05) is 17.3 Å². The van der Waals surface area contributed by atoms with Gasteiger partial charge in [-0.1, -0.05) is 78.4 Å². The van der Waals surface area contributed by atoms with Crippen LogP contribution >= 0.6 is 0 Å². The summed E-state index contributed by atoms with van der Waals surface area (Å²) < 4.78 is 11.0. The Bertz CT molecular complexity index is 1340. The number of anilines is 1. The van der Waals surface area contributed by atoms with Crippen molar-refractivity contribution in [3.63, 3.8) is 0 Å². The fraction of sp³-hybridized carbons (Fsp3) is 0.138. The number of phenols is 1. The van der Waals surface area contributed by atoms with Crippen molar-refractivity contribution in [2.45, 2.75) is 18.9 Å². The summed E-state index contributed by atoms with van der Waals surface area (Å²) >= 11 is 0. The van der Waals surface area contributed by atoms with Gasteiger partial charge in [0.15, 0.2) is 11.5 Å². The molecular weight excluding hydrogens is 426 g/mol. The summed E-state index contributed by atoms with van der Waals surface area (Å²) in [6.45, 7) is 2.11. The molecule has 0 fully saturated rings. The second-order valence-electron chi connectivity index (χ2n) is 8.69. The average molecular weight is 450 g/mol. The lowest BCUT2D eigenvalue weighted by atomic mass is 9.90. The number of phenolic OH excluding ortho intramolecular Hbond substituents is 1. The molecule has 1 N–H and O–H groups in total. The van der Waals surface area contributed by atoms with E-state index in [4.69, 9.17) is 9.47 Å². The number of hydrogen-bond donors (Lipinski definition) is 1. The first-order chi connectivity index (χ1) is 16.6. The molecule has 0 radical (unpaired) electrons. The van der Waals surface area contributed by atoms with Crippen LogP contribution < -0.4 is 14.4 Å². The van der Waals surface area contributed by atoms with Gasteiger partial charge in [-0.15, -0.1) is 0 Å². The van der Waals surface area contributed by atoms with Crippen LogP contribution in [0, 0.1) is 6.92 Å². The molecule has 2 aliphatic heterocycles. The molecule has 1 atom stereocenters. The van der Waals surface area contributed by atoms with E-state index in [1.165, 1.54) is 6.07 Å². The molecule has 6 rings (SSSR count). The highest BCUT2D eigenvalue weighted by Crippen LogP contribution is 2.50. The van der Waals surface area contributed by atoms with Crippen molar-refractivity contribution in [1.29, 1.82) is 0 Å². The number of rotatable bonds is 4. The van der Waals surface area contributed by atoms with Crippen LogP contribution in [0.25, 0.3) is 0 Å². The number of hydrogen-bond acceptors (Lipinski definition) is 4. The molecule has 0 spiro atoms. The largest absolute Gasteiger partial charge is 0.507 e. The minimum atomic E-state index is -0.653. The van der Waals surface area contributed by atoms with E-state index in [1.54, 1.807) is 6.07 Å². The third kappa shape index (κ3) is 3.20. The van der Waals surface area contributed by atoms with Crippen LogP contribution in [-0.4, -0.2) is 17.8 Å². The van der Waals surface area contributed by atoms with Gasteiger partial charge >= 0.3 is 0 Å². The number of nitrogens with zero attached hydrogens (tertiary/aromatic N) is 1. The summed E-state index contributed by atoms with van der Waals surface area (Å²) in [7, 11) is 0. The number of ether oxygens (including phenoxy) is 2. The average Bonchev–Trinajstić information content (AvgIpc) is 3.41. The van der Waals surface area contributed by atoms with E-state index in [2.05, 4.69) is 0 Å². The molecule has 0 saturated heterocycles. The molecule has 2 aliphatic rings. The molecule has 1 unspecified atom stereocenters. The van der Waals surface area contributed by atoms with Gasteiger partial charge in [0.1, 0.15) is 5.75 Å². The van der Waals surface area contributed by atoms with Crippen LogP contribution in [0.15, 0.2) is 91.0 Å². The monoisotopic (exact) mass is 449 g/mol. The molecule has 2 heterocycles. The first-order valence-corrected chi connectivity index (χ1v) is 11.3. The summed E-state index contributed by atoms with van der Waals surface area (Å²) in [5.41, 5.74) is 5.32. The highest BCUT2D eigenvalue weighted by Gasteiger charge is 2.44. The molecule has 0 aromatic heterocycles. The van der Waals surface area contributed by atoms with Crippen molar-refractivity contribution in [2.75, 3.05) is 11.7 Å². The van der Waals surface area contributed by atoms with Crippen LogP contribution in [0.3, 0.4) is 0 Å². The van der Waals surface area contributed by atoms with E-state index < -0.39 is 5.92 Å². The van der Waals surface area contributed by atoms with Crippen LogP contribution in [0.4, 0.5) is 5.69 Å². The molecule has 5 heteroatoms. The van der Waals surface area contributed by atoms with E-state index in [0.717, 1.165) is 27.9 Å². The van der Waals surface area contributed by atoms with Crippen molar-refractivity contribution in [3.8, 4) is 17.2 Å². The zero-order chi connectivity index (χ0) is 23.2. The quantitative estimate of drug-likeness (QED) is 0.434. The maximum Gasteiger partial charge on any atom is 0.240 e. The Balaban J connectivity index is 1.55. The van der Waals surface area contributed by atoms with Crippen molar-refractivity contribution in [1.82, 2.24) is 0 Å². The van der Waals surface area contributed by atoms with E-state index in [9.17, 15) is 9.90 Å². The molecule has 4 aromatic rings. The van der Waals surface area contributed by atoms with Crippen LogP contribution in [0.2, 0.25) is 0 Å². The van der Waals surface area contributed by atoms with Gasteiger partial charge in [-0.25, -0.2) is 0 Å². The predicted octanol–water partition coefficient (Wildman–Crippen LogP) is 5.70. The first-order valence-electron chi connectivity index (χ1n) is 11.3. The third-order valence-electron chi connectivity index (χ3n) is 6.56. The van der Waals surface area contributed by atoms with E-state index in [1.807, 2.05) is 90.7 Å². The van der Waals surface area contributed by atoms with Crippen molar-refractivity contribution in [2.24, 2.45) is 0 Å². The zero-order valence-electron chi connectivity index (χ0n) is 18.6. The molecule has 168 valence electrons. The van der Waals surface area contributed by atoms with E-state index >= 15 is 0 Å². The minimum Gasteiger partial charge on any atom is -0.507 e. The Hall–Kier alpha value is -4.25. The van der Waals surface area contributed by atoms with Gasteiger partial charge in [-0.3, -0.25) is 9.69 Å². The second-order valence-corrected chi connectivity index (χ2v) is 8.69. The van der Waals surface area contributed by atoms with Crippen molar-refractivity contribution < 1.29 is 19.4 Å². The van der Waals surface area contributed by atoms with Crippen LogP contribution in [0.1, 0.15) is 39.8 Å². The standard InChI is InChI=1S/C29H23NO4/c1-18-12-13-23-21(14-18)27(22-15-25-26(16-24(22)31)34-17-33-25)29(32)30(23)28(19-8-4-2-5-9-19)20-10-6-3-7-11-20/h2-16,27-28,31H,17H2,1H3. The Labute approximate surface area is 197 Å². The number of aromatic hydroxyl groups is 1. The lowest BCUT2D eigenvalue weighted by molar-refractivity contribution is -0.118. The summed E-state index contributed by atoms with van der Waals surface area (Å²) in [4.78, 5) is 16.1. The van der Waals surface area contributed by atoms with E-state index in [-0.39, 0.29) is 24.5 Å². The van der Waals surface area contributed by atoms with Gasteiger partial charge in [0.2, 0.25) is 12.7 Å². The third-order valence-corrected chi connectivity index (χ3v) is 6.56. The number of amides is 1. The second kappa shape index (κ2) is 7.96. The summed E-state index contributed by atoms with van der Waals surface area (Å²) in [6, 6.07) is 29.1. The summed E-state index contributed by atoms with van der Waals surface area (Å²) in [6.07, 6.45) is 0. The number of carbonyl (C=O) groups is 1. The van der Waals surface area contributed by atoms with Gasteiger partial charge in [0.25, 0.3) is 0 Å². The predicted molar refractivity (Wildman–Crippen MR) is 129 cm³/mol. The maximum absolute atomic E-state index is 14.3. The van der Waals surface area contributed by atoms with Crippen LogP contribution in [0.5, 0.6) is 17.2 Å². The fourth-order valence-electron chi connectivity index (χ4n) is 5.02. The van der Waals surface area contributed by atoms with Gasteiger partial charge in [-0.05, 0) is 35.7 Å². The normalized spacial score (nSPS) is 16.2. The zero-order valence-corrected chi connectivity index (χ0v) is 18.6. The molecular formula is C29H23NO4. The molecule has 34 heavy (non-hydrogen) atoms. The molecule has 5 nitrogen and oxygen atoms in total. The first kappa shape index (κ1) is 20.4. The Morgan fingerprint density at radius 3 is 2.09 bits per heavy atom. The van der Waals surface area contributed by atoms with Crippen LogP contribution in [-0.2, 0) is 4.79 Å². The number of aryl methyl sites for hydroxylation is 1. The Kier molecular flexibility index (Phi) is 4.77. The molecule has 0 saturated carbocycles. The van der Waals surface area contributed by atoms with Gasteiger partial charge < -0.3 is 14.6 Å². The maximum atomic E-state index is 14.3. The topological polar surface area (TPSA) is 59.0 Å². The Morgan fingerprint density at radius 1 is 0.824 bits per heavy atom. The van der Waals surface area contributed by atoms with Gasteiger partial charge in [0.05, 0.1) is 12.0 Å². The SMILES string of the molecule is Cc1ccc2c(c1)C(c1cc3c(cc1O)OCO3)C(=O)N2C(c1ccccc1)c1ccccc1. The number of carbonyl (C=O) groups excluding carboxylic acids is 1. The minimum absolute atomic E-state index is 0.0212.